The molecule has 1 aromatic heterocycles. The largest absolute Gasteiger partial charge is 0.493 e. The number of aromatic amines is 1. The number of aliphatic hydroxyl groups is 1. The molecule has 0 bridgehead atoms. The molecule has 0 spiro atoms. The maximum atomic E-state index is 12.4. The summed E-state index contributed by atoms with van der Waals surface area (Å²) in [5.41, 5.74) is 1.12. The fourth-order valence-corrected chi connectivity index (χ4v) is 3.61. The zero-order valence-corrected chi connectivity index (χ0v) is 14.4. The van der Waals surface area contributed by atoms with E-state index in [9.17, 15) is 9.90 Å². The zero-order valence-electron chi connectivity index (χ0n) is 14.4. The lowest BCUT2D eigenvalue weighted by Crippen LogP contribution is -2.45. The van der Waals surface area contributed by atoms with E-state index in [4.69, 9.17) is 4.74 Å². The predicted molar refractivity (Wildman–Crippen MR) is 94.1 cm³/mol. The predicted octanol–water partition coefficient (Wildman–Crippen LogP) is 2.78. The van der Waals surface area contributed by atoms with Crippen LogP contribution in [0.15, 0.2) is 24.4 Å². The van der Waals surface area contributed by atoms with E-state index in [1.165, 1.54) is 0 Å². The van der Waals surface area contributed by atoms with Crippen LogP contribution in [0.25, 0.3) is 10.9 Å². The molecule has 1 heterocycles. The van der Waals surface area contributed by atoms with Gasteiger partial charge in [-0.1, -0.05) is 19.4 Å². The molecule has 2 aromatic rings. The minimum atomic E-state index is -0.758. The van der Waals surface area contributed by atoms with Crippen LogP contribution in [0.2, 0.25) is 0 Å². The van der Waals surface area contributed by atoms with Crippen molar-refractivity contribution in [1.82, 2.24) is 10.3 Å². The van der Waals surface area contributed by atoms with E-state index >= 15 is 0 Å². The third-order valence-electron chi connectivity index (χ3n) is 5.16. The Morgan fingerprint density at radius 1 is 1.50 bits per heavy atom. The Balaban J connectivity index is 1.69. The van der Waals surface area contributed by atoms with E-state index in [1.807, 2.05) is 38.2 Å². The summed E-state index contributed by atoms with van der Waals surface area (Å²) >= 11 is 0. The van der Waals surface area contributed by atoms with E-state index in [2.05, 4.69) is 10.3 Å². The van der Waals surface area contributed by atoms with Gasteiger partial charge in [0.05, 0.1) is 18.6 Å². The lowest BCUT2D eigenvalue weighted by Gasteiger charge is -2.27. The monoisotopic (exact) mass is 330 g/mol. The van der Waals surface area contributed by atoms with Gasteiger partial charge in [-0.05, 0) is 43.4 Å². The topological polar surface area (TPSA) is 74.4 Å². The van der Waals surface area contributed by atoms with Gasteiger partial charge in [0.25, 0.3) is 0 Å². The highest BCUT2D eigenvalue weighted by atomic mass is 16.5. The van der Waals surface area contributed by atoms with E-state index in [1.54, 1.807) is 0 Å². The second-order valence-electron chi connectivity index (χ2n) is 6.78. The fourth-order valence-electron chi connectivity index (χ4n) is 3.61. The van der Waals surface area contributed by atoms with Gasteiger partial charge in [-0.15, -0.1) is 0 Å². The molecule has 0 saturated heterocycles. The lowest BCUT2D eigenvalue weighted by molar-refractivity contribution is -0.122. The van der Waals surface area contributed by atoms with E-state index in [0.29, 0.717) is 13.2 Å². The molecule has 3 rings (SSSR count). The Morgan fingerprint density at radius 3 is 3.04 bits per heavy atom. The van der Waals surface area contributed by atoms with Gasteiger partial charge in [-0.3, -0.25) is 4.79 Å². The van der Waals surface area contributed by atoms with Crippen molar-refractivity contribution in [2.45, 2.75) is 45.1 Å². The summed E-state index contributed by atoms with van der Waals surface area (Å²) in [6.45, 7) is 4.91. The maximum Gasteiger partial charge on any atom is 0.224 e. The number of fused-ring (bicyclic) bond motifs is 1. The summed E-state index contributed by atoms with van der Waals surface area (Å²) in [6, 6.07) is 5.83. The maximum absolute atomic E-state index is 12.4. The normalized spacial score (nSPS) is 23.5. The number of nitrogens with one attached hydrogen (secondary N) is 2. The van der Waals surface area contributed by atoms with Crippen LogP contribution in [0.5, 0.6) is 5.75 Å². The molecule has 5 heteroatoms. The Hall–Kier alpha value is -2.01. The van der Waals surface area contributed by atoms with Crippen molar-refractivity contribution in [1.29, 1.82) is 0 Å². The van der Waals surface area contributed by atoms with Crippen molar-refractivity contribution in [2.24, 2.45) is 5.92 Å². The van der Waals surface area contributed by atoms with Crippen molar-refractivity contribution >= 4 is 16.8 Å². The van der Waals surface area contributed by atoms with Crippen LogP contribution in [-0.2, 0) is 11.2 Å². The number of benzene rings is 1. The van der Waals surface area contributed by atoms with Crippen molar-refractivity contribution in [3.05, 3.63) is 30.0 Å². The first kappa shape index (κ1) is 16.8. The number of ether oxygens (including phenoxy) is 1. The van der Waals surface area contributed by atoms with Gasteiger partial charge in [0, 0.05) is 23.6 Å². The second-order valence-corrected chi connectivity index (χ2v) is 6.78. The molecule has 0 aliphatic heterocycles. The Morgan fingerprint density at radius 2 is 2.33 bits per heavy atom. The molecule has 1 aliphatic rings. The highest BCUT2D eigenvalue weighted by Gasteiger charge is 2.38. The van der Waals surface area contributed by atoms with E-state index < -0.39 is 5.60 Å². The van der Waals surface area contributed by atoms with Gasteiger partial charge in [0.15, 0.2) is 0 Å². The Bertz CT molecular complexity index is 724. The van der Waals surface area contributed by atoms with Crippen LogP contribution in [-0.4, -0.2) is 34.8 Å². The molecular formula is C19H26N2O3. The Kier molecular flexibility index (Phi) is 4.81. The van der Waals surface area contributed by atoms with Gasteiger partial charge in [-0.2, -0.15) is 0 Å². The minimum Gasteiger partial charge on any atom is -0.493 e. The molecule has 2 atom stereocenters. The molecule has 24 heavy (non-hydrogen) atoms. The number of H-pyrrole nitrogens is 1. The number of hydrogen-bond acceptors (Lipinski definition) is 3. The molecule has 1 aromatic carbocycles. The third kappa shape index (κ3) is 3.26. The molecule has 1 saturated carbocycles. The minimum absolute atomic E-state index is 0.0743. The molecule has 130 valence electrons. The summed E-state index contributed by atoms with van der Waals surface area (Å²) < 4.78 is 5.68. The fraction of sp³-hybridized carbons (Fsp3) is 0.526. The van der Waals surface area contributed by atoms with Gasteiger partial charge in [0.1, 0.15) is 5.75 Å². The summed E-state index contributed by atoms with van der Waals surface area (Å²) in [4.78, 5) is 15.5. The summed E-state index contributed by atoms with van der Waals surface area (Å²) in [6.07, 6.45) is 4.94. The number of rotatable bonds is 6. The summed E-state index contributed by atoms with van der Waals surface area (Å²) in [7, 11) is 0. The first-order chi connectivity index (χ1) is 11.5. The van der Waals surface area contributed by atoms with Crippen LogP contribution < -0.4 is 10.1 Å². The lowest BCUT2D eigenvalue weighted by atomic mass is 9.92. The van der Waals surface area contributed by atoms with Crippen LogP contribution in [0, 0.1) is 5.92 Å². The summed E-state index contributed by atoms with van der Waals surface area (Å²) in [5.74, 6) is 0.951. The standard InChI is InChI=1S/C19H26N2O3/c1-3-24-16-8-4-7-15-18(16)14(11-20-15)10-17(22)21-12-19(23)9-5-6-13(19)2/h4,7-8,11,13,20,23H,3,5-6,9-10,12H2,1-2H3,(H,21,22)/t13-,19+/m1/s1. The average Bonchev–Trinajstić information content (AvgIpc) is 3.11. The summed E-state index contributed by atoms with van der Waals surface area (Å²) in [5, 5.41) is 14.4. The van der Waals surface area contributed by atoms with Crippen LogP contribution in [0.4, 0.5) is 0 Å². The number of amides is 1. The van der Waals surface area contributed by atoms with Gasteiger partial charge in [-0.25, -0.2) is 0 Å². The van der Waals surface area contributed by atoms with Crippen LogP contribution in [0.3, 0.4) is 0 Å². The van der Waals surface area contributed by atoms with Crippen molar-refractivity contribution in [2.75, 3.05) is 13.2 Å². The van der Waals surface area contributed by atoms with Crippen LogP contribution in [0.1, 0.15) is 38.7 Å². The quantitative estimate of drug-likeness (QED) is 0.762. The molecule has 5 nitrogen and oxygen atoms in total. The third-order valence-corrected chi connectivity index (χ3v) is 5.16. The van der Waals surface area contributed by atoms with Gasteiger partial charge >= 0.3 is 0 Å². The molecular weight excluding hydrogens is 304 g/mol. The number of aromatic nitrogens is 1. The smallest absolute Gasteiger partial charge is 0.224 e. The van der Waals surface area contributed by atoms with Crippen molar-refractivity contribution in [3.8, 4) is 5.75 Å². The molecule has 1 fully saturated rings. The molecule has 1 aliphatic carbocycles. The number of carbonyl (C=O) groups excluding carboxylic acids is 1. The highest BCUT2D eigenvalue weighted by Crippen LogP contribution is 2.34. The molecule has 1 amide bonds. The first-order valence-electron chi connectivity index (χ1n) is 8.74. The first-order valence-corrected chi connectivity index (χ1v) is 8.74. The Labute approximate surface area is 142 Å². The molecule has 0 unspecified atom stereocenters. The second kappa shape index (κ2) is 6.85. The SMILES string of the molecule is CCOc1cccc2[nH]cc(CC(=O)NC[C@@]3(O)CCC[C@H]3C)c12. The molecule has 0 radical (unpaired) electrons. The van der Waals surface area contributed by atoms with E-state index in [-0.39, 0.29) is 18.2 Å². The molecule has 3 N–H and O–H groups in total. The van der Waals surface area contributed by atoms with Gasteiger partial charge < -0.3 is 20.1 Å². The van der Waals surface area contributed by atoms with Gasteiger partial charge in [0.2, 0.25) is 5.91 Å². The van der Waals surface area contributed by atoms with Crippen LogP contribution >= 0.6 is 0 Å². The number of carbonyl (C=O) groups is 1. The zero-order chi connectivity index (χ0) is 17.2. The average molecular weight is 330 g/mol. The van der Waals surface area contributed by atoms with Crippen molar-refractivity contribution < 1.29 is 14.6 Å². The van der Waals surface area contributed by atoms with E-state index in [0.717, 1.165) is 41.5 Å². The van der Waals surface area contributed by atoms with Crippen molar-refractivity contribution in [3.63, 3.8) is 0 Å². The number of hydrogen-bond donors (Lipinski definition) is 3. The highest BCUT2D eigenvalue weighted by molar-refractivity contribution is 5.93.